The normalized spacial score (nSPS) is 15.3. The topological polar surface area (TPSA) is 41.6 Å². The van der Waals surface area contributed by atoms with Gasteiger partial charge in [0.15, 0.2) is 0 Å². The van der Waals surface area contributed by atoms with E-state index in [0.717, 1.165) is 68.2 Å². The number of ether oxygens (including phenoxy) is 1. The zero-order valence-electron chi connectivity index (χ0n) is 18.1. The molecule has 0 unspecified atom stereocenters. The van der Waals surface area contributed by atoms with E-state index in [1.54, 1.807) is 0 Å². The molecule has 0 bridgehead atoms. The fraction of sp³-hybridized carbons (Fsp3) is 0.480. The van der Waals surface area contributed by atoms with Crippen LogP contribution in [0.1, 0.15) is 44.2 Å². The van der Waals surface area contributed by atoms with Gasteiger partial charge in [0, 0.05) is 24.0 Å². The minimum absolute atomic E-state index is 0.125. The van der Waals surface area contributed by atoms with Gasteiger partial charge in [0.1, 0.15) is 5.75 Å². The van der Waals surface area contributed by atoms with Crippen molar-refractivity contribution in [1.82, 2.24) is 10.2 Å². The molecule has 1 fully saturated rings. The maximum absolute atomic E-state index is 12.5. The number of benzene rings is 2. The molecule has 0 radical (unpaired) electrons. The van der Waals surface area contributed by atoms with Crippen LogP contribution in [0.3, 0.4) is 0 Å². The average Bonchev–Trinajstić information content (AvgIpc) is 2.74. The van der Waals surface area contributed by atoms with E-state index in [-0.39, 0.29) is 17.9 Å². The Morgan fingerprint density at radius 3 is 2.50 bits per heavy atom. The van der Waals surface area contributed by atoms with Gasteiger partial charge >= 0.3 is 0 Å². The maximum Gasteiger partial charge on any atom is 0.223 e. The Balaban J connectivity index is 1.32. The molecule has 2 aromatic rings. The minimum Gasteiger partial charge on any atom is -0.491 e. The first-order valence-corrected chi connectivity index (χ1v) is 11.4. The summed E-state index contributed by atoms with van der Waals surface area (Å²) in [5.74, 6) is 1.23. The lowest BCUT2D eigenvalue weighted by Gasteiger charge is -2.31. The van der Waals surface area contributed by atoms with Crippen LogP contribution in [0.4, 0.5) is 0 Å². The number of halogens is 1. The summed E-state index contributed by atoms with van der Waals surface area (Å²) in [6, 6.07) is 16.2. The van der Waals surface area contributed by atoms with Crippen molar-refractivity contribution >= 4 is 17.5 Å². The molecule has 162 valence electrons. The number of nitrogens with zero attached hydrogens (tertiary/aromatic N) is 1. The van der Waals surface area contributed by atoms with E-state index in [2.05, 4.69) is 28.4 Å². The lowest BCUT2D eigenvalue weighted by Crippen LogP contribution is -2.40. The van der Waals surface area contributed by atoms with Gasteiger partial charge in [-0.15, -0.1) is 0 Å². The quantitative estimate of drug-likeness (QED) is 0.565. The smallest absolute Gasteiger partial charge is 0.223 e. The Morgan fingerprint density at radius 1 is 1.13 bits per heavy atom. The van der Waals surface area contributed by atoms with Crippen molar-refractivity contribution in [2.45, 2.75) is 52.2 Å². The molecule has 1 aliphatic rings. The van der Waals surface area contributed by atoms with Crippen LogP contribution in [-0.2, 0) is 17.8 Å². The highest BCUT2D eigenvalue weighted by atomic mass is 35.5. The van der Waals surface area contributed by atoms with Gasteiger partial charge < -0.3 is 10.1 Å². The van der Waals surface area contributed by atoms with Crippen LogP contribution >= 0.6 is 11.6 Å². The monoisotopic (exact) mass is 428 g/mol. The molecule has 5 heteroatoms. The fourth-order valence-corrected chi connectivity index (χ4v) is 4.07. The van der Waals surface area contributed by atoms with Crippen molar-refractivity contribution in [1.29, 1.82) is 0 Å². The summed E-state index contributed by atoms with van der Waals surface area (Å²) in [4.78, 5) is 14.9. The molecule has 0 saturated carbocycles. The first-order chi connectivity index (χ1) is 14.5. The third-order valence-corrected chi connectivity index (χ3v) is 5.92. The van der Waals surface area contributed by atoms with Crippen LogP contribution in [0.15, 0.2) is 48.5 Å². The van der Waals surface area contributed by atoms with Gasteiger partial charge in [-0.3, -0.25) is 9.69 Å². The number of likely N-dealkylation sites (tertiary alicyclic amines) is 1. The van der Waals surface area contributed by atoms with E-state index >= 15 is 0 Å². The number of nitrogens with one attached hydrogen (secondary N) is 1. The SMILES string of the molecule is CC(C)Oc1ccc(CCCNC(=O)C2CCN(Cc3ccccc3Cl)CC2)cc1. The molecule has 0 aromatic heterocycles. The lowest BCUT2D eigenvalue weighted by molar-refractivity contribution is -0.126. The summed E-state index contributed by atoms with van der Waals surface area (Å²) in [6.45, 7) is 7.51. The van der Waals surface area contributed by atoms with Crippen LogP contribution in [0.2, 0.25) is 5.02 Å². The van der Waals surface area contributed by atoms with Crippen LogP contribution in [-0.4, -0.2) is 36.5 Å². The van der Waals surface area contributed by atoms with Gasteiger partial charge in [-0.05, 0) is 81.9 Å². The van der Waals surface area contributed by atoms with Gasteiger partial charge in [-0.2, -0.15) is 0 Å². The molecule has 0 spiro atoms. The Morgan fingerprint density at radius 2 is 1.83 bits per heavy atom. The highest BCUT2D eigenvalue weighted by Gasteiger charge is 2.24. The summed E-state index contributed by atoms with van der Waals surface area (Å²) < 4.78 is 5.67. The number of aryl methyl sites for hydroxylation is 1. The van der Waals surface area contributed by atoms with Gasteiger partial charge in [0.2, 0.25) is 5.91 Å². The van der Waals surface area contributed by atoms with Crippen molar-refractivity contribution in [3.63, 3.8) is 0 Å². The third kappa shape index (κ3) is 7.03. The Kier molecular flexibility index (Phi) is 8.59. The van der Waals surface area contributed by atoms with E-state index in [1.165, 1.54) is 5.56 Å². The molecule has 1 saturated heterocycles. The fourth-order valence-electron chi connectivity index (χ4n) is 3.88. The molecule has 3 rings (SSSR count). The Hall–Kier alpha value is -2.04. The van der Waals surface area contributed by atoms with Gasteiger partial charge in [-0.25, -0.2) is 0 Å². The summed E-state index contributed by atoms with van der Waals surface area (Å²) >= 11 is 6.27. The highest BCUT2D eigenvalue weighted by Crippen LogP contribution is 2.22. The second-order valence-electron chi connectivity index (χ2n) is 8.35. The number of rotatable bonds is 9. The van der Waals surface area contributed by atoms with Crippen LogP contribution in [0, 0.1) is 5.92 Å². The zero-order valence-corrected chi connectivity index (χ0v) is 18.8. The van der Waals surface area contributed by atoms with E-state index in [0.29, 0.717) is 0 Å². The molecule has 0 atom stereocenters. The number of hydrogen-bond acceptors (Lipinski definition) is 3. The molecule has 4 nitrogen and oxygen atoms in total. The molecule has 1 amide bonds. The summed E-state index contributed by atoms with van der Waals surface area (Å²) in [5, 5.41) is 3.95. The maximum atomic E-state index is 12.5. The first kappa shape index (κ1) is 22.6. The highest BCUT2D eigenvalue weighted by molar-refractivity contribution is 6.31. The standard InChI is InChI=1S/C25H33ClN2O2/c1-19(2)30-23-11-9-20(10-12-23)6-5-15-27-25(29)21-13-16-28(17-14-21)18-22-7-3-4-8-24(22)26/h3-4,7-12,19,21H,5-6,13-18H2,1-2H3,(H,27,29). The molecular weight excluding hydrogens is 396 g/mol. The van der Waals surface area contributed by atoms with Crippen LogP contribution in [0.25, 0.3) is 0 Å². The van der Waals surface area contributed by atoms with Gasteiger partial charge in [0.05, 0.1) is 6.10 Å². The molecule has 1 heterocycles. The number of amides is 1. The van der Waals surface area contributed by atoms with Crippen molar-refractivity contribution < 1.29 is 9.53 Å². The molecule has 1 N–H and O–H groups in total. The predicted octanol–water partition coefficient (Wildman–Crippen LogP) is 5.09. The predicted molar refractivity (Wildman–Crippen MR) is 123 cm³/mol. The largest absolute Gasteiger partial charge is 0.491 e. The number of carbonyl (C=O) groups is 1. The first-order valence-electron chi connectivity index (χ1n) is 11.0. The molecular formula is C25H33ClN2O2. The summed E-state index contributed by atoms with van der Waals surface area (Å²) in [6.07, 6.45) is 3.91. The van der Waals surface area contributed by atoms with E-state index in [9.17, 15) is 4.79 Å². The minimum atomic E-state index is 0.125. The lowest BCUT2D eigenvalue weighted by atomic mass is 9.95. The Labute approximate surface area is 185 Å². The van der Waals surface area contributed by atoms with Crippen molar-refractivity contribution in [3.05, 3.63) is 64.7 Å². The van der Waals surface area contributed by atoms with Crippen LogP contribution < -0.4 is 10.1 Å². The molecule has 30 heavy (non-hydrogen) atoms. The number of carbonyl (C=O) groups excluding carboxylic acids is 1. The van der Waals surface area contributed by atoms with Crippen molar-refractivity contribution in [2.24, 2.45) is 5.92 Å². The molecule has 1 aliphatic heterocycles. The summed E-state index contributed by atoms with van der Waals surface area (Å²) in [5.41, 5.74) is 2.43. The number of piperidine rings is 1. The third-order valence-electron chi connectivity index (χ3n) is 5.55. The van der Waals surface area contributed by atoms with Gasteiger partial charge in [0.25, 0.3) is 0 Å². The van der Waals surface area contributed by atoms with Crippen molar-refractivity contribution in [2.75, 3.05) is 19.6 Å². The van der Waals surface area contributed by atoms with Crippen LogP contribution in [0.5, 0.6) is 5.75 Å². The van der Waals surface area contributed by atoms with E-state index in [1.807, 2.05) is 44.2 Å². The van der Waals surface area contributed by atoms with Gasteiger partial charge in [-0.1, -0.05) is 41.9 Å². The Bertz CT molecular complexity index is 799. The second-order valence-corrected chi connectivity index (χ2v) is 8.75. The van der Waals surface area contributed by atoms with Crippen molar-refractivity contribution in [3.8, 4) is 5.75 Å². The molecule has 0 aliphatic carbocycles. The molecule has 2 aromatic carbocycles. The van der Waals surface area contributed by atoms with E-state index in [4.69, 9.17) is 16.3 Å². The van der Waals surface area contributed by atoms with E-state index < -0.39 is 0 Å². The number of hydrogen-bond donors (Lipinski definition) is 1. The second kappa shape index (κ2) is 11.4. The zero-order chi connectivity index (χ0) is 21.3. The average molecular weight is 429 g/mol. The summed E-state index contributed by atoms with van der Waals surface area (Å²) in [7, 11) is 0.